The van der Waals surface area contributed by atoms with Gasteiger partial charge in [-0.25, -0.2) is 0 Å². The summed E-state index contributed by atoms with van der Waals surface area (Å²) in [5, 5.41) is 3.16. The van der Waals surface area contributed by atoms with Gasteiger partial charge in [0.1, 0.15) is 29.0 Å². The molecular formula is C18H14ClNO3S2. The van der Waals surface area contributed by atoms with Gasteiger partial charge in [-0.2, -0.15) is 0 Å². The molecule has 0 aromatic heterocycles. The van der Waals surface area contributed by atoms with Crippen LogP contribution in [0.5, 0.6) is 11.5 Å². The number of amides is 1. The van der Waals surface area contributed by atoms with Gasteiger partial charge in [-0.15, -0.1) is 0 Å². The Kier molecular flexibility index (Phi) is 5.96. The zero-order valence-corrected chi connectivity index (χ0v) is 15.4. The molecule has 0 aliphatic carbocycles. The van der Waals surface area contributed by atoms with Gasteiger partial charge >= 0.3 is 0 Å². The molecule has 25 heavy (non-hydrogen) atoms. The van der Waals surface area contributed by atoms with Crippen molar-refractivity contribution in [2.75, 3.05) is 13.2 Å². The van der Waals surface area contributed by atoms with Crippen molar-refractivity contribution in [2.45, 2.75) is 0 Å². The highest BCUT2D eigenvalue weighted by Crippen LogP contribution is 2.27. The van der Waals surface area contributed by atoms with Crippen LogP contribution in [0.2, 0.25) is 5.02 Å². The van der Waals surface area contributed by atoms with E-state index in [0.717, 1.165) is 5.56 Å². The van der Waals surface area contributed by atoms with Gasteiger partial charge in [-0.05, 0) is 35.9 Å². The molecule has 1 fully saturated rings. The number of carbonyl (C=O) groups excluding carboxylic acids is 1. The molecule has 128 valence electrons. The van der Waals surface area contributed by atoms with Crippen LogP contribution in [0.3, 0.4) is 0 Å². The summed E-state index contributed by atoms with van der Waals surface area (Å²) in [5.41, 5.74) is 0.867. The van der Waals surface area contributed by atoms with E-state index in [1.54, 1.807) is 12.1 Å². The van der Waals surface area contributed by atoms with Crippen molar-refractivity contribution < 1.29 is 14.3 Å². The maximum absolute atomic E-state index is 11.7. The first kappa shape index (κ1) is 17.8. The molecule has 0 atom stereocenters. The number of carbonyl (C=O) groups is 1. The van der Waals surface area contributed by atoms with Crippen molar-refractivity contribution in [2.24, 2.45) is 0 Å². The molecule has 0 unspecified atom stereocenters. The van der Waals surface area contributed by atoms with E-state index in [-0.39, 0.29) is 5.91 Å². The van der Waals surface area contributed by atoms with Crippen LogP contribution in [0.15, 0.2) is 53.4 Å². The average Bonchev–Trinajstić information content (AvgIpc) is 2.91. The number of hydrogen-bond acceptors (Lipinski definition) is 5. The first-order valence-electron chi connectivity index (χ1n) is 7.47. The van der Waals surface area contributed by atoms with Crippen LogP contribution in [0, 0.1) is 0 Å². The largest absolute Gasteiger partial charge is 0.490 e. The lowest BCUT2D eigenvalue weighted by molar-refractivity contribution is -0.115. The fraction of sp³-hybridized carbons (Fsp3) is 0.111. The van der Waals surface area contributed by atoms with E-state index in [4.69, 9.17) is 33.3 Å². The van der Waals surface area contributed by atoms with Crippen LogP contribution >= 0.6 is 35.6 Å². The summed E-state index contributed by atoms with van der Waals surface area (Å²) in [6.45, 7) is 0.756. The summed E-state index contributed by atoms with van der Waals surface area (Å²) in [6, 6.07) is 14.8. The fourth-order valence-electron chi connectivity index (χ4n) is 2.14. The molecule has 1 aliphatic heterocycles. The molecule has 1 saturated heterocycles. The molecule has 1 amide bonds. The van der Waals surface area contributed by atoms with Crippen molar-refractivity contribution in [3.8, 4) is 11.5 Å². The first-order chi connectivity index (χ1) is 12.1. The lowest BCUT2D eigenvalue weighted by Crippen LogP contribution is -2.17. The van der Waals surface area contributed by atoms with Gasteiger partial charge in [0.25, 0.3) is 5.91 Å². The average molecular weight is 392 g/mol. The number of thiocarbonyl (C=S) groups is 1. The van der Waals surface area contributed by atoms with Crippen LogP contribution in [-0.4, -0.2) is 23.4 Å². The monoisotopic (exact) mass is 391 g/mol. The molecule has 0 bridgehead atoms. The van der Waals surface area contributed by atoms with Gasteiger partial charge < -0.3 is 14.8 Å². The summed E-state index contributed by atoms with van der Waals surface area (Å²) in [5.74, 6) is 1.16. The summed E-state index contributed by atoms with van der Waals surface area (Å²) in [7, 11) is 0. The molecular weight excluding hydrogens is 378 g/mol. The summed E-state index contributed by atoms with van der Waals surface area (Å²) >= 11 is 12.3. The molecule has 0 spiro atoms. The molecule has 0 saturated carbocycles. The van der Waals surface area contributed by atoms with Gasteiger partial charge in [0.2, 0.25) is 0 Å². The Morgan fingerprint density at radius 1 is 1.12 bits per heavy atom. The Morgan fingerprint density at radius 3 is 2.68 bits per heavy atom. The Labute approximate surface area is 160 Å². The molecule has 1 aliphatic rings. The standard InChI is InChI=1S/C18H14ClNO3S2/c19-14-6-1-2-7-15(14)23-9-8-22-13-5-3-4-12(10-13)11-16-17(21)20-18(24)25-16/h1-7,10-11H,8-9H2,(H,20,21,24)/b16-11+. The molecule has 1 N–H and O–H groups in total. The minimum absolute atomic E-state index is 0.172. The van der Waals surface area contributed by atoms with E-state index in [1.165, 1.54) is 11.8 Å². The summed E-state index contributed by atoms with van der Waals surface area (Å²) in [6.07, 6.45) is 1.78. The van der Waals surface area contributed by atoms with E-state index in [9.17, 15) is 4.79 Å². The fourth-order valence-corrected chi connectivity index (χ4v) is 3.37. The minimum atomic E-state index is -0.172. The predicted molar refractivity (Wildman–Crippen MR) is 105 cm³/mol. The molecule has 4 nitrogen and oxygen atoms in total. The molecule has 3 rings (SSSR count). The molecule has 2 aromatic rings. The van der Waals surface area contributed by atoms with E-state index in [2.05, 4.69) is 5.32 Å². The quantitative estimate of drug-likeness (QED) is 0.452. The molecule has 0 radical (unpaired) electrons. The second-order valence-electron chi connectivity index (χ2n) is 5.05. The number of nitrogens with one attached hydrogen (secondary N) is 1. The molecule has 2 aromatic carbocycles. The topological polar surface area (TPSA) is 47.6 Å². The number of ether oxygens (including phenoxy) is 2. The summed E-state index contributed by atoms with van der Waals surface area (Å²) in [4.78, 5) is 12.3. The molecule has 1 heterocycles. The van der Waals surface area contributed by atoms with Gasteiger partial charge in [0.15, 0.2) is 0 Å². The van der Waals surface area contributed by atoms with Crippen LogP contribution in [0.25, 0.3) is 6.08 Å². The number of para-hydroxylation sites is 1. The highest BCUT2D eigenvalue weighted by atomic mass is 35.5. The Bertz CT molecular complexity index is 839. The van der Waals surface area contributed by atoms with Crippen molar-refractivity contribution in [3.63, 3.8) is 0 Å². The van der Waals surface area contributed by atoms with Gasteiger partial charge in [-0.3, -0.25) is 4.79 Å². The maximum Gasteiger partial charge on any atom is 0.263 e. The number of benzene rings is 2. The van der Waals surface area contributed by atoms with Crippen molar-refractivity contribution in [1.82, 2.24) is 5.32 Å². The van der Waals surface area contributed by atoms with E-state index in [1.807, 2.05) is 42.5 Å². The highest BCUT2D eigenvalue weighted by Gasteiger charge is 2.21. The van der Waals surface area contributed by atoms with Crippen molar-refractivity contribution >= 4 is 51.9 Å². The van der Waals surface area contributed by atoms with Crippen LogP contribution in [0.1, 0.15) is 5.56 Å². The Morgan fingerprint density at radius 2 is 1.92 bits per heavy atom. The third-order valence-corrected chi connectivity index (χ3v) is 4.72. The Balaban J connectivity index is 1.55. The number of thioether (sulfide) groups is 1. The zero-order chi connectivity index (χ0) is 17.6. The predicted octanol–water partition coefficient (Wildman–Crippen LogP) is 4.29. The Hall–Kier alpha value is -2.02. The van der Waals surface area contributed by atoms with E-state index in [0.29, 0.717) is 39.0 Å². The van der Waals surface area contributed by atoms with Crippen molar-refractivity contribution in [3.05, 3.63) is 64.0 Å². The second-order valence-corrected chi connectivity index (χ2v) is 7.18. The van der Waals surface area contributed by atoms with Gasteiger partial charge in [-0.1, -0.05) is 59.8 Å². The lowest BCUT2D eigenvalue weighted by atomic mass is 10.2. The number of rotatable bonds is 6. The normalized spacial score (nSPS) is 15.3. The van der Waals surface area contributed by atoms with Crippen molar-refractivity contribution in [1.29, 1.82) is 0 Å². The smallest absolute Gasteiger partial charge is 0.263 e. The summed E-state index contributed by atoms with van der Waals surface area (Å²) < 4.78 is 11.7. The number of hydrogen-bond donors (Lipinski definition) is 1. The first-order valence-corrected chi connectivity index (χ1v) is 9.07. The van der Waals surface area contributed by atoms with Crippen LogP contribution < -0.4 is 14.8 Å². The highest BCUT2D eigenvalue weighted by molar-refractivity contribution is 8.26. The molecule has 7 heteroatoms. The minimum Gasteiger partial charge on any atom is -0.490 e. The second kappa shape index (κ2) is 8.38. The third kappa shape index (κ3) is 4.98. The van der Waals surface area contributed by atoms with Crippen LogP contribution in [-0.2, 0) is 4.79 Å². The third-order valence-electron chi connectivity index (χ3n) is 3.24. The lowest BCUT2D eigenvalue weighted by Gasteiger charge is -2.09. The number of halogens is 1. The zero-order valence-electron chi connectivity index (χ0n) is 13.0. The SMILES string of the molecule is O=C1NC(=S)S/C1=C/c1cccc(OCCOc2ccccc2Cl)c1. The van der Waals surface area contributed by atoms with Gasteiger partial charge in [0.05, 0.1) is 9.93 Å². The van der Waals surface area contributed by atoms with Crippen LogP contribution in [0.4, 0.5) is 0 Å². The van der Waals surface area contributed by atoms with Gasteiger partial charge in [0, 0.05) is 0 Å². The van der Waals surface area contributed by atoms with E-state index >= 15 is 0 Å². The maximum atomic E-state index is 11.7. The van der Waals surface area contributed by atoms with E-state index < -0.39 is 0 Å².